The first kappa shape index (κ1) is 17.6. The van der Waals surface area contributed by atoms with Crippen molar-refractivity contribution < 1.29 is 14.3 Å². The molecule has 0 amide bonds. The molecule has 132 valence electrons. The normalized spacial score (nSPS) is 10.7. The summed E-state index contributed by atoms with van der Waals surface area (Å²) in [5.41, 5.74) is 5.73. The van der Waals surface area contributed by atoms with Crippen LogP contribution in [0.5, 0.6) is 5.75 Å². The van der Waals surface area contributed by atoms with Gasteiger partial charge in [-0.3, -0.25) is 5.43 Å². The Balaban J connectivity index is 1.59. The van der Waals surface area contributed by atoms with Crippen LogP contribution in [-0.4, -0.2) is 30.9 Å². The first-order valence-corrected chi connectivity index (χ1v) is 8.72. The highest BCUT2D eigenvalue weighted by Gasteiger charge is 2.03. The zero-order valence-electron chi connectivity index (χ0n) is 14.1. The maximum Gasteiger partial charge on any atom is 0.343 e. The van der Waals surface area contributed by atoms with E-state index in [2.05, 4.69) is 20.2 Å². The lowest BCUT2D eigenvalue weighted by Crippen LogP contribution is -2.12. The van der Waals surface area contributed by atoms with E-state index in [-0.39, 0.29) is 6.61 Å². The van der Waals surface area contributed by atoms with Gasteiger partial charge in [-0.25, -0.2) is 9.78 Å². The van der Waals surface area contributed by atoms with Crippen LogP contribution in [-0.2, 0) is 9.53 Å². The van der Waals surface area contributed by atoms with Crippen molar-refractivity contribution >= 4 is 28.7 Å². The second kappa shape index (κ2) is 8.77. The molecule has 0 saturated carbocycles. The van der Waals surface area contributed by atoms with Crippen LogP contribution >= 0.6 is 11.3 Å². The van der Waals surface area contributed by atoms with E-state index in [0.29, 0.717) is 10.9 Å². The van der Waals surface area contributed by atoms with Gasteiger partial charge in [0.15, 0.2) is 6.61 Å². The molecule has 7 heteroatoms. The predicted octanol–water partition coefficient (Wildman–Crippen LogP) is 3.81. The summed E-state index contributed by atoms with van der Waals surface area (Å²) in [5, 5.41) is 6.88. The molecule has 0 fully saturated rings. The molecule has 0 aliphatic heterocycles. The fraction of sp³-hybridized carbons (Fsp3) is 0.105. The summed E-state index contributed by atoms with van der Waals surface area (Å²) in [7, 11) is 1.32. The summed E-state index contributed by atoms with van der Waals surface area (Å²) < 4.78 is 9.89. The molecule has 26 heavy (non-hydrogen) atoms. The van der Waals surface area contributed by atoms with Gasteiger partial charge < -0.3 is 9.47 Å². The van der Waals surface area contributed by atoms with Gasteiger partial charge in [0.05, 0.1) is 19.0 Å². The van der Waals surface area contributed by atoms with E-state index in [4.69, 9.17) is 4.74 Å². The van der Waals surface area contributed by atoms with Crippen molar-refractivity contribution in [1.29, 1.82) is 0 Å². The third-order valence-electron chi connectivity index (χ3n) is 3.39. The van der Waals surface area contributed by atoms with Gasteiger partial charge in [0.25, 0.3) is 0 Å². The Morgan fingerprint density at radius 2 is 2.08 bits per heavy atom. The van der Waals surface area contributed by atoms with Crippen LogP contribution in [0, 0.1) is 0 Å². The van der Waals surface area contributed by atoms with E-state index in [1.54, 1.807) is 18.3 Å². The number of esters is 1. The molecule has 6 nitrogen and oxygen atoms in total. The van der Waals surface area contributed by atoms with E-state index in [1.165, 1.54) is 18.4 Å². The summed E-state index contributed by atoms with van der Waals surface area (Å²) in [6, 6.07) is 17.2. The van der Waals surface area contributed by atoms with Gasteiger partial charge in [-0.2, -0.15) is 5.10 Å². The number of hydrogen-bond donors (Lipinski definition) is 1. The van der Waals surface area contributed by atoms with Crippen molar-refractivity contribution in [3.63, 3.8) is 0 Å². The lowest BCUT2D eigenvalue weighted by molar-refractivity contribution is -0.142. The van der Waals surface area contributed by atoms with Gasteiger partial charge >= 0.3 is 5.97 Å². The van der Waals surface area contributed by atoms with Gasteiger partial charge in [0.1, 0.15) is 5.75 Å². The zero-order chi connectivity index (χ0) is 18.2. The number of benzene rings is 2. The third-order valence-corrected chi connectivity index (χ3v) is 4.14. The fourth-order valence-electron chi connectivity index (χ4n) is 2.11. The predicted molar refractivity (Wildman–Crippen MR) is 103 cm³/mol. The monoisotopic (exact) mass is 367 g/mol. The molecule has 0 saturated heterocycles. The lowest BCUT2D eigenvalue weighted by Gasteiger charge is -2.05. The summed E-state index contributed by atoms with van der Waals surface area (Å²) in [6.07, 6.45) is 1.66. The fourth-order valence-corrected chi connectivity index (χ4v) is 2.78. The van der Waals surface area contributed by atoms with Crippen LogP contribution < -0.4 is 10.2 Å². The Kier molecular flexibility index (Phi) is 5.95. The average Bonchev–Trinajstić information content (AvgIpc) is 3.16. The number of nitrogens with zero attached hydrogens (tertiary/aromatic N) is 2. The molecular weight excluding hydrogens is 350 g/mol. The van der Waals surface area contributed by atoms with Crippen molar-refractivity contribution in [3.8, 4) is 17.0 Å². The largest absolute Gasteiger partial charge is 0.482 e. The topological polar surface area (TPSA) is 72.8 Å². The standard InChI is InChI=1S/C19H17N3O3S/c1-24-18(23)12-25-16-9-5-6-14(10-16)11-20-22-19-21-17(13-26-19)15-7-3-2-4-8-15/h2-11,13H,12H2,1H3,(H,21,22). The Bertz CT molecular complexity index is 894. The van der Waals surface area contributed by atoms with E-state index in [9.17, 15) is 4.79 Å². The van der Waals surface area contributed by atoms with Gasteiger partial charge in [0, 0.05) is 10.9 Å². The molecule has 0 aliphatic carbocycles. The smallest absolute Gasteiger partial charge is 0.343 e. The number of thiazole rings is 1. The van der Waals surface area contributed by atoms with Gasteiger partial charge in [-0.15, -0.1) is 11.3 Å². The molecule has 3 rings (SSSR count). The average molecular weight is 367 g/mol. The maximum atomic E-state index is 11.1. The van der Waals surface area contributed by atoms with Crippen molar-refractivity contribution in [2.24, 2.45) is 5.10 Å². The lowest BCUT2D eigenvalue weighted by atomic mass is 10.2. The van der Waals surface area contributed by atoms with Crippen molar-refractivity contribution in [2.45, 2.75) is 0 Å². The van der Waals surface area contributed by atoms with E-state index < -0.39 is 5.97 Å². The highest BCUT2D eigenvalue weighted by Crippen LogP contribution is 2.24. The third kappa shape index (κ3) is 4.90. The number of carbonyl (C=O) groups is 1. The maximum absolute atomic E-state index is 11.1. The molecule has 0 aliphatic rings. The number of carbonyl (C=O) groups excluding carboxylic acids is 1. The Labute approximate surface area is 155 Å². The van der Waals surface area contributed by atoms with E-state index in [0.717, 1.165) is 16.8 Å². The molecule has 0 bridgehead atoms. The molecule has 1 aromatic heterocycles. The highest BCUT2D eigenvalue weighted by molar-refractivity contribution is 7.14. The minimum absolute atomic E-state index is 0.128. The minimum atomic E-state index is -0.427. The molecule has 0 spiro atoms. The van der Waals surface area contributed by atoms with E-state index >= 15 is 0 Å². The van der Waals surface area contributed by atoms with Gasteiger partial charge in [-0.1, -0.05) is 42.5 Å². The molecule has 3 aromatic rings. The second-order valence-corrected chi connectivity index (χ2v) is 6.07. The Morgan fingerprint density at radius 3 is 2.88 bits per heavy atom. The van der Waals surface area contributed by atoms with Crippen molar-refractivity contribution in [3.05, 3.63) is 65.5 Å². The van der Waals surface area contributed by atoms with Crippen molar-refractivity contribution in [2.75, 3.05) is 19.1 Å². The van der Waals surface area contributed by atoms with Gasteiger partial charge in [0.2, 0.25) is 5.13 Å². The van der Waals surface area contributed by atoms with Crippen LogP contribution in [0.25, 0.3) is 11.3 Å². The SMILES string of the molecule is COC(=O)COc1cccc(C=NNc2nc(-c3ccccc3)cs2)c1. The van der Waals surface area contributed by atoms with E-state index in [1.807, 2.05) is 47.8 Å². The molecule has 2 aromatic carbocycles. The quantitative estimate of drug-likeness (QED) is 0.391. The molecule has 0 radical (unpaired) electrons. The summed E-state index contributed by atoms with van der Waals surface area (Å²) >= 11 is 1.48. The number of anilines is 1. The number of nitrogens with one attached hydrogen (secondary N) is 1. The summed E-state index contributed by atoms with van der Waals surface area (Å²) in [6.45, 7) is -0.128. The first-order chi connectivity index (χ1) is 12.7. The van der Waals surface area contributed by atoms with Crippen LogP contribution in [0.4, 0.5) is 5.13 Å². The highest BCUT2D eigenvalue weighted by atomic mass is 32.1. The number of methoxy groups -OCH3 is 1. The van der Waals surface area contributed by atoms with Crippen LogP contribution in [0.3, 0.4) is 0 Å². The number of aromatic nitrogens is 1. The number of hydrogen-bond acceptors (Lipinski definition) is 7. The molecule has 1 N–H and O–H groups in total. The zero-order valence-corrected chi connectivity index (χ0v) is 14.9. The van der Waals surface area contributed by atoms with Crippen LogP contribution in [0.1, 0.15) is 5.56 Å². The molecule has 0 atom stereocenters. The first-order valence-electron chi connectivity index (χ1n) is 7.84. The Hall–Kier alpha value is -3.19. The van der Waals surface area contributed by atoms with Crippen molar-refractivity contribution in [1.82, 2.24) is 4.98 Å². The molecule has 0 unspecified atom stereocenters. The number of hydrazone groups is 1. The second-order valence-electron chi connectivity index (χ2n) is 5.21. The van der Waals surface area contributed by atoms with Crippen LogP contribution in [0.15, 0.2) is 65.1 Å². The Morgan fingerprint density at radius 1 is 1.23 bits per heavy atom. The van der Waals surface area contributed by atoms with Gasteiger partial charge in [-0.05, 0) is 17.7 Å². The van der Waals surface area contributed by atoms with Crippen LogP contribution in [0.2, 0.25) is 0 Å². The number of rotatable bonds is 7. The summed E-state index contributed by atoms with van der Waals surface area (Å²) in [4.78, 5) is 15.6. The minimum Gasteiger partial charge on any atom is -0.482 e. The molecular formula is C19H17N3O3S. The summed E-state index contributed by atoms with van der Waals surface area (Å²) in [5.74, 6) is 0.142. The number of ether oxygens (including phenoxy) is 2. The molecule has 1 heterocycles.